The van der Waals surface area contributed by atoms with Gasteiger partial charge in [0.15, 0.2) is 11.5 Å². The molecule has 1 fully saturated rings. The van der Waals surface area contributed by atoms with Crippen LogP contribution in [0.2, 0.25) is 0 Å². The van der Waals surface area contributed by atoms with Crippen molar-refractivity contribution in [3.8, 4) is 17.2 Å². The van der Waals surface area contributed by atoms with Gasteiger partial charge in [-0.2, -0.15) is 0 Å². The number of fused-ring (bicyclic) bond motifs is 5. The summed E-state index contributed by atoms with van der Waals surface area (Å²) >= 11 is 0. The number of carbonyl (C=O) groups is 2. The lowest BCUT2D eigenvalue weighted by molar-refractivity contribution is -0.122. The zero-order valence-electron chi connectivity index (χ0n) is 17.4. The van der Waals surface area contributed by atoms with Gasteiger partial charge in [0.05, 0.1) is 5.69 Å². The van der Waals surface area contributed by atoms with E-state index in [1.165, 1.54) is 0 Å². The average molecular weight is 420 g/mol. The molecule has 31 heavy (non-hydrogen) atoms. The molecule has 0 radical (unpaired) electrons. The third kappa shape index (κ3) is 2.52. The van der Waals surface area contributed by atoms with Gasteiger partial charge in [-0.25, -0.2) is 0 Å². The maximum absolute atomic E-state index is 13.7. The van der Waals surface area contributed by atoms with Gasteiger partial charge in [0.2, 0.25) is 11.8 Å². The molecule has 7 nitrogen and oxygen atoms in total. The van der Waals surface area contributed by atoms with Crippen LogP contribution in [0, 0.1) is 5.92 Å². The normalized spacial score (nSPS) is 23.6. The van der Waals surface area contributed by atoms with E-state index in [-0.39, 0.29) is 24.3 Å². The Balaban J connectivity index is 1.49. The minimum Gasteiger partial charge on any atom is -0.491 e. The van der Waals surface area contributed by atoms with Crippen LogP contribution in [0.4, 0.5) is 11.4 Å². The fraction of sp³-hybridized carbons (Fsp3) is 0.417. The molecule has 1 aliphatic carbocycles. The number of anilines is 2. The molecule has 1 saturated carbocycles. The smallest absolute Gasteiger partial charge is 0.245 e. The van der Waals surface area contributed by atoms with Crippen LogP contribution in [-0.4, -0.2) is 38.7 Å². The number of nitrogens with zero attached hydrogens (tertiary/aromatic N) is 1. The van der Waals surface area contributed by atoms with E-state index in [0.717, 1.165) is 42.5 Å². The molecule has 1 unspecified atom stereocenters. The van der Waals surface area contributed by atoms with Crippen molar-refractivity contribution in [2.75, 3.05) is 37.1 Å². The minimum absolute atomic E-state index is 0.0318. The zero-order valence-corrected chi connectivity index (χ0v) is 17.4. The number of rotatable bonds is 2. The molecular weight excluding hydrogens is 396 g/mol. The Bertz CT molecular complexity index is 1110. The maximum atomic E-state index is 13.7. The molecule has 4 aliphatic rings. The first kappa shape index (κ1) is 18.5. The van der Waals surface area contributed by atoms with Crippen LogP contribution in [0.1, 0.15) is 36.8 Å². The van der Waals surface area contributed by atoms with Crippen molar-refractivity contribution >= 4 is 23.2 Å². The summed E-state index contributed by atoms with van der Waals surface area (Å²) in [6.45, 7) is 1.13. The highest BCUT2D eigenvalue weighted by Gasteiger charge is 2.58. The Morgan fingerprint density at radius 3 is 2.58 bits per heavy atom. The number of ether oxygens (including phenoxy) is 3. The van der Waals surface area contributed by atoms with Crippen molar-refractivity contribution < 1.29 is 23.8 Å². The summed E-state index contributed by atoms with van der Waals surface area (Å²) in [5.74, 6) is 1.86. The molecular formula is C24H24N2O5. The van der Waals surface area contributed by atoms with Crippen molar-refractivity contribution in [3.63, 3.8) is 0 Å². The van der Waals surface area contributed by atoms with Gasteiger partial charge in [-0.05, 0) is 31.0 Å². The minimum atomic E-state index is -1.02. The second-order valence-electron chi connectivity index (χ2n) is 8.72. The van der Waals surface area contributed by atoms with E-state index in [4.69, 9.17) is 14.2 Å². The van der Waals surface area contributed by atoms with Gasteiger partial charge in [-0.1, -0.05) is 18.9 Å². The number of likely N-dealkylation sites (N-methyl/N-ethyl adjacent to an activating group) is 1. The first-order valence-corrected chi connectivity index (χ1v) is 10.9. The summed E-state index contributed by atoms with van der Waals surface area (Å²) in [5.41, 5.74) is 2.01. The topological polar surface area (TPSA) is 77.1 Å². The van der Waals surface area contributed by atoms with Crippen molar-refractivity contribution in [2.24, 2.45) is 5.92 Å². The van der Waals surface area contributed by atoms with E-state index in [0.29, 0.717) is 36.1 Å². The third-order valence-corrected chi connectivity index (χ3v) is 7.03. The third-order valence-electron chi connectivity index (χ3n) is 7.03. The van der Waals surface area contributed by atoms with Crippen molar-refractivity contribution in [3.05, 3.63) is 41.5 Å². The lowest BCUT2D eigenvalue weighted by Gasteiger charge is -2.25. The monoisotopic (exact) mass is 420 g/mol. The van der Waals surface area contributed by atoms with E-state index < -0.39 is 5.41 Å². The Morgan fingerprint density at radius 1 is 1.06 bits per heavy atom. The first-order chi connectivity index (χ1) is 15.1. The highest BCUT2D eigenvalue weighted by Crippen LogP contribution is 2.56. The van der Waals surface area contributed by atoms with Crippen molar-refractivity contribution in [1.29, 1.82) is 0 Å². The average Bonchev–Trinajstić information content (AvgIpc) is 3.49. The van der Waals surface area contributed by atoms with Crippen molar-refractivity contribution in [1.82, 2.24) is 0 Å². The Morgan fingerprint density at radius 2 is 1.81 bits per heavy atom. The summed E-state index contributed by atoms with van der Waals surface area (Å²) in [4.78, 5) is 28.3. The fourth-order valence-corrected chi connectivity index (χ4v) is 5.47. The second-order valence-corrected chi connectivity index (χ2v) is 8.72. The van der Waals surface area contributed by atoms with E-state index in [2.05, 4.69) is 5.32 Å². The Labute approximate surface area is 180 Å². The van der Waals surface area contributed by atoms with E-state index >= 15 is 0 Å². The molecule has 7 heteroatoms. The molecule has 6 rings (SSSR count). The zero-order chi connectivity index (χ0) is 21.2. The van der Waals surface area contributed by atoms with Gasteiger partial charge >= 0.3 is 0 Å². The molecule has 160 valence electrons. The second kappa shape index (κ2) is 6.64. The number of carbonyl (C=O) groups excluding carboxylic acids is 2. The lowest BCUT2D eigenvalue weighted by Crippen LogP contribution is -2.41. The summed E-state index contributed by atoms with van der Waals surface area (Å²) < 4.78 is 17.5. The van der Waals surface area contributed by atoms with Gasteiger partial charge in [-0.3, -0.25) is 9.59 Å². The molecule has 0 saturated heterocycles. The fourth-order valence-electron chi connectivity index (χ4n) is 5.47. The number of hydrogen-bond acceptors (Lipinski definition) is 5. The van der Waals surface area contributed by atoms with Gasteiger partial charge < -0.3 is 24.4 Å². The van der Waals surface area contributed by atoms with E-state index in [1.807, 2.05) is 30.3 Å². The summed E-state index contributed by atoms with van der Waals surface area (Å²) in [7, 11) is 1.77. The van der Waals surface area contributed by atoms with Crippen LogP contribution in [0.3, 0.4) is 0 Å². The summed E-state index contributed by atoms with van der Waals surface area (Å²) in [6.07, 6.45) is 4.01. The summed E-state index contributed by atoms with van der Waals surface area (Å²) in [6, 6.07) is 9.36. The van der Waals surface area contributed by atoms with Crippen LogP contribution >= 0.6 is 0 Å². The van der Waals surface area contributed by atoms with Crippen LogP contribution in [0.15, 0.2) is 30.3 Å². The predicted octanol–water partition coefficient (Wildman–Crippen LogP) is 3.24. The van der Waals surface area contributed by atoms with Gasteiger partial charge in [-0.15, -0.1) is 0 Å². The number of hydrogen-bond donors (Lipinski definition) is 1. The molecule has 2 aromatic carbocycles. The molecule has 1 N–H and O–H groups in total. The Kier molecular flexibility index (Phi) is 3.97. The van der Waals surface area contributed by atoms with Crippen LogP contribution in [0.5, 0.6) is 17.2 Å². The van der Waals surface area contributed by atoms with Crippen LogP contribution < -0.4 is 24.4 Å². The number of benzene rings is 2. The molecule has 3 aliphatic heterocycles. The molecule has 3 heterocycles. The summed E-state index contributed by atoms with van der Waals surface area (Å²) in [5, 5.41) is 3.14. The number of nitrogens with one attached hydrogen (secondary N) is 1. The van der Waals surface area contributed by atoms with Gasteiger partial charge in [0.25, 0.3) is 0 Å². The predicted molar refractivity (Wildman–Crippen MR) is 114 cm³/mol. The molecule has 0 aromatic heterocycles. The highest BCUT2D eigenvalue weighted by atomic mass is 16.6. The molecule has 1 atom stereocenters. The quantitative estimate of drug-likeness (QED) is 0.807. The van der Waals surface area contributed by atoms with Gasteiger partial charge in [0.1, 0.15) is 31.0 Å². The molecule has 0 bridgehead atoms. The molecule has 1 spiro atoms. The SMILES string of the molecule is CN1C(=O)C2(COc3cc4c(cc32)OCCO4)c2c(NC(=O)C3CCCC3)cccc21. The van der Waals surface area contributed by atoms with Crippen molar-refractivity contribution in [2.45, 2.75) is 31.1 Å². The van der Waals surface area contributed by atoms with Crippen LogP contribution in [0.25, 0.3) is 0 Å². The maximum Gasteiger partial charge on any atom is 0.245 e. The molecule has 2 aromatic rings. The Hall–Kier alpha value is -3.22. The largest absolute Gasteiger partial charge is 0.491 e. The van der Waals surface area contributed by atoms with Crippen LogP contribution in [-0.2, 0) is 15.0 Å². The lowest BCUT2D eigenvalue weighted by atomic mass is 9.76. The van der Waals surface area contributed by atoms with E-state index in [1.54, 1.807) is 11.9 Å². The standard InChI is InChI=1S/C24H24N2O5/c1-26-17-8-4-7-16(25-22(27)14-5-2-3-6-14)21(17)24(23(26)28)13-31-18-12-20-19(11-15(18)24)29-9-10-30-20/h4,7-8,11-12,14H,2-3,5-6,9-10,13H2,1H3,(H,25,27). The first-order valence-electron chi connectivity index (χ1n) is 10.9. The highest BCUT2D eigenvalue weighted by molar-refractivity contribution is 6.14. The number of amides is 2. The van der Waals surface area contributed by atoms with E-state index in [9.17, 15) is 9.59 Å². The van der Waals surface area contributed by atoms with Gasteiger partial charge in [0, 0.05) is 35.8 Å². The molecule has 2 amide bonds.